The molecule has 3 heteroatoms. The zero-order valence-electron chi connectivity index (χ0n) is 10.7. The van der Waals surface area contributed by atoms with Crippen LogP contribution in [0.5, 0.6) is 0 Å². The molecule has 0 spiro atoms. The van der Waals surface area contributed by atoms with Crippen LogP contribution in [0.15, 0.2) is 4.42 Å². The molecule has 0 saturated heterocycles. The third kappa shape index (κ3) is 2.39. The maximum atomic E-state index is 5.77. The van der Waals surface area contributed by atoms with Crippen molar-refractivity contribution >= 4 is 0 Å². The van der Waals surface area contributed by atoms with Crippen LogP contribution in [0.2, 0.25) is 0 Å². The Hall–Kier alpha value is -0.860. The van der Waals surface area contributed by atoms with E-state index in [1.54, 1.807) is 0 Å². The maximum absolute atomic E-state index is 5.77. The van der Waals surface area contributed by atoms with Gasteiger partial charge in [-0.3, -0.25) is 0 Å². The SMILES string of the molecule is CCC(C)(C)c1nnc(C(C)(C)CC)o1. The van der Waals surface area contributed by atoms with E-state index in [9.17, 15) is 0 Å². The summed E-state index contributed by atoms with van der Waals surface area (Å²) < 4.78 is 5.77. The molecule has 0 aliphatic carbocycles. The molecule has 0 fully saturated rings. The lowest BCUT2D eigenvalue weighted by molar-refractivity contribution is 0.301. The average Bonchev–Trinajstić information content (AvgIpc) is 2.67. The molecule has 0 aromatic carbocycles. The normalized spacial score (nSPS) is 13.2. The molecular formula is C12H22N2O. The van der Waals surface area contributed by atoms with Crippen molar-refractivity contribution in [2.24, 2.45) is 0 Å². The summed E-state index contributed by atoms with van der Waals surface area (Å²) in [5.74, 6) is 1.50. The zero-order valence-corrected chi connectivity index (χ0v) is 10.7. The Bertz CT molecular complexity index is 296. The van der Waals surface area contributed by atoms with Gasteiger partial charge in [0.05, 0.1) is 0 Å². The topological polar surface area (TPSA) is 38.9 Å². The van der Waals surface area contributed by atoms with Crippen molar-refractivity contribution in [1.82, 2.24) is 10.2 Å². The molecule has 0 radical (unpaired) electrons. The number of nitrogens with zero attached hydrogens (tertiary/aromatic N) is 2. The summed E-state index contributed by atoms with van der Waals surface area (Å²) >= 11 is 0. The molecule has 0 amide bonds. The minimum absolute atomic E-state index is 0.0188. The van der Waals surface area contributed by atoms with Crippen LogP contribution >= 0.6 is 0 Å². The third-order valence-corrected chi connectivity index (χ3v) is 3.35. The van der Waals surface area contributed by atoms with Crippen molar-refractivity contribution in [3.8, 4) is 0 Å². The van der Waals surface area contributed by atoms with Crippen LogP contribution in [-0.4, -0.2) is 10.2 Å². The summed E-state index contributed by atoms with van der Waals surface area (Å²) in [6.45, 7) is 12.8. The lowest BCUT2D eigenvalue weighted by atomic mass is 9.89. The van der Waals surface area contributed by atoms with E-state index in [-0.39, 0.29) is 10.8 Å². The van der Waals surface area contributed by atoms with Crippen LogP contribution in [0.4, 0.5) is 0 Å². The highest BCUT2D eigenvalue weighted by Gasteiger charge is 2.30. The van der Waals surface area contributed by atoms with Gasteiger partial charge in [-0.1, -0.05) is 41.5 Å². The first-order valence-corrected chi connectivity index (χ1v) is 5.68. The molecule has 0 aliphatic heterocycles. The number of hydrogen-bond donors (Lipinski definition) is 0. The van der Waals surface area contributed by atoms with Gasteiger partial charge in [0.2, 0.25) is 11.8 Å². The fraction of sp³-hybridized carbons (Fsp3) is 0.833. The van der Waals surface area contributed by atoms with E-state index < -0.39 is 0 Å². The highest BCUT2D eigenvalue weighted by molar-refractivity contribution is 5.03. The van der Waals surface area contributed by atoms with Crippen molar-refractivity contribution < 1.29 is 4.42 Å². The molecule has 0 saturated carbocycles. The largest absolute Gasteiger partial charge is 0.424 e. The Kier molecular flexibility index (Phi) is 3.22. The summed E-state index contributed by atoms with van der Waals surface area (Å²) in [5, 5.41) is 8.31. The van der Waals surface area contributed by atoms with E-state index in [2.05, 4.69) is 51.7 Å². The second-order valence-corrected chi connectivity index (χ2v) is 5.39. The molecule has 0 N–H and O–H groups in total. The van der Waals surface area contributed by atoms with Gasteiger partial charge in [0, 0.05) is 10.8 Å². The van der Waals surface area contributed by atoms with E-state index in [1.807, 2.05) is 0 Å². The summed E-state index contributed by atoms with van der Waals surface area (Å²) in [5.41, 5.74) is -0.0376. The molecule has 3 nitrogen and oxygen atoms in total. The number of hydrogen-bond acceptors (Lipinski definition) is 3. The second-order valence-electron chi connectivity index (χ2n) is 5.39. The summed E-state index contributed by atoms with van der Waals surface area (Å²) in [4.78, 5) is 0. The maximum Gasteiger partial charge on any atom is 0.222 e. The number of rotatable bonds is 4. The van der Waals surface area contributed by atoms with E-state index in [1.165, 1.54) is 0 Å². The monoisotopic (exact) mass is 210 g/mol. The van der Waals surface area contributed by atoms with Crippen molar-refractivity contribution in [3.05, 3.63) is 11.8 Å². The highest BCUT2D eigenvalue weighted by atomic mass is 16.4. The minimum atomic E-state index is -0.0188. The third-order valence-electron chi connectivity index (χ3n) is 3.35. The van der Waals surface area contributed by atoms with Gasteiger partial charge in [0.1, 0.15) is 0 Å². The molecular weight excluding hydrogens is 188 g/mol. The first-order valence-electron chi connectivity index (χ1n) is 5.68. The predicted molar refractivity (Wildman–Crippen MR) is 60.9 cm³/mol. The Morgan fingerprint density at radius 3 is 1.47 bits per heavy atom. The summed E-state index contributed by atoms with van der Waals surface area (Å²) in [6.07, 6.45) is 2.00. The lowest BCUT2D eigenvalue weighted by Crippen LogP contribution is -2.17. The fourth-order valence-electron chi connectivity index (χ4n) is 1.07. The Morgan fingerprint density at radius 1 is 0.867 bits per heavy atom. The van der Waals surface area contributed by atoms with Crippen molar-refractivity contribution in [1.29, 1.82) is 0 Å². The molecule has 1 aromatic heterocycles. The van der Waals surface area contributed by atoms with Gasteiger partial charge in [-0.05, 0) is 12.8 Å². The highest BCUT2D eigenvalue weighted by Crippen LogP contribution is 2.30. The quantitative estimate of drug-likeness (QED) is 0.764. The molecule has 1 rings (SSSR count). The lowest BCUT2D eigenvalue weighted by Gasteiger charge is -2.19. The first kappa shape index (κ1) is 12.2. The van der Waals surface area contributed by atoms with Gasteiger partial charge in [-0.15, -0.1) is 10.2 Å². The van der Waals surface area contributed by atoms with Crippen LogP contribution < -0.4 is 0 Å². The first-order chi connectivity index (χ1) is 6.83. The standard InChI is InChI=1S/C12H22N2O/c1-7-11(3,4)9-13-14-10(15-9)12(5,6)8-2/h7-8H2,1-6H3. The van der Waals surface area contributed by atoms with Crippen molar-refractivity contribution in [2.75, 3.05) is 0 Å². The van der Waals surface area contributed by atoms with Gasteiger partial charge < -0.3 is 4.42 Å². The van der Waals surface area contributed by atoms with Gasteiger partial charge >= 0.3 is 0 Å². The van der Waals surface area contributed by atoms with E-state index in [4.69, 9.17) is 4.42 Å². The van der Waals surface area contributed by atoms with Gasteiger partial charge in [-0.2, -0.15) is 0 Å². The Morgan fingerprint density at radius 2 is 1.20 bits per heavy atom. The molecule has 1 aromatic rings. The van der Waals surface area contributed by atoms with Gasteiger partial charge in [0.25, 0.3) is 0 Å². The summed E-state index contributed by atoms with van der Waals surface area (Å²) in [7, 11) is 0. The predicted octanol–water partition coefficient (Wildman–Crippen LogP) is 3.44. The minimum Gasteiger partial charge on any atom is -0.424 e. The van der Waals surface area contributed by atoms with Crippen LogP contribution in [-0.2, 0) is 10.8 Å². The second kappa shape index (κ2) is 3.95. The Labute approximate surface area is 92.3 Å². The van der Waals surface area contributed by atoms with E-state index in [0.717, 1.165) is 24.6 Å². The average molecular weight is 210 g/mol. The molecule has 86 valence electrons. The molecule has 15 heavy (non-hydrogen) atoms. The van der Waals surface area contributed by atoms with E-state index in [0.29, 0.717) is 0 Å². The van der Waals surface area contributed by atoms with Crippen LogP contribution in [0, 0.1) is 0 Å². The van der Waals surface area contributed by atoms with Crippen molar-refractivity contribution in [2.45, 2.75) is 65.2 Å². The van der Waals surface area contributed by atoms with E-state index >= 15 is 0 Å². The number of aromatic nitrogens is 2. The Balaban J connectivity index is 3.00. The fourth-order valence-corrected chi connectivity index (χ4v) is 1.07. The summed E-state index contributed by atoms with van der Waals surface area (Å²) in [6, 6.07) is 0. The van der Waals surface area contributed by atoms with Crippen LogP contribution in [0.3, 0.4) is 0 Å². The molecule has 0 atom stereocenters. The molecule has 0 bridgehead atoms. The molecule has 1 heterocycles. The van der Waals surface area contributed by atoms with Gasteiger partial charge in [-0.25, -0.2) is 0 Å². The molecule has 0 unspecified atom stereocenters. The smallest absolute Gasteiger partial charge is 0.222 e. The molecule has 0 aliphatic rings. The van der Waals surface area contributed by atoms with Crippen molar-refractivity contribution in [3.63, 3.8) is 0 Å². The van der Waals surface area contributed by atoms with Crippen LogP contribution in [0.25, 0.3) is 0 Å². The van der Waals surface area contributed by atoms with Crippen LogP contribution in [0.1, 0.15) is 66.2 Å². The zero-order chi connectivity index (χ0) is 11.7. The van der Waals surface area contributed by atoms with Gasteiger partial charge in [0.15, 0.2) is 0 Å².